The van der Waals surface area contributed by atoms with Gasteiger partial charge in [-0.2, -0.15) is 0 Å². The van der Waals surface area contributed by atoms with Gasteiger partial charge in [0.1, 0.15) is 0 Å². The first-order valence-electron chi connectivity index (χ1n) is 10.5. The number of amides is 2. The molecule has 0 atom stereocenters. The average Bonchev–Trinajstić information content (AvgIpc) is 2.81. The number of hydrogen-bond acceptors (Lipinski definition) is 3. The van der Waals surface area contributed by atoms with Crippen molar-refractivity contribution in [3.8, 4) is 0 Å². The molecule has 6 nitrogen and oxygen atoms in total. The number of nitrogens with two attached hydrogens (primary N) is 1. The fourth-order valence-corrected chi connectivity index (χ4v) is 3.52. The Labute approximate surface area is 178 Å². The van der Waals surface area contributed by atoms with E-state index in [0.717, 1.165) is 35.3 Å². The summed E-state index contributed by atoms with van der Waals surface area (Å²) in [5.41, 5.74) is 4.51. The highest BCUT2D eigenvalue weighted by molar-refractivity contribution is 6.03. The van der Waals surface area contributed by atoms with Crippen molar-refractivity contribution in [1.82, 2.24) is 0 Å². The third-order valence-electron chi connectivity index (χ3n) is 4.95. The Morgan fingerprint density at radius 1 is 1.07 bits per heavy atom. The SMILES string of the molecule is CC(C)OC(=O)Nc1ccc2c(c1)N(C(=O)C[NH2+]C(C)(C)C)c1ccccc1CC2. The van der Waals surface area contributed by atoms with E-state index in [4.69, 9.17) is 4.74 Å². The number of nitrogens with one attached hydrogen (secondary N) is 1. The number of hydrogen-bond donors (Lipinski definition) is 2. The zero-order chi connectivity index (χ0) is 21.9. The van der Waals surface area contributed by atoms with Crippen LogP contribution in [0.25, 0.3) is 0 Å². The number of aryl methyl sites for hydroxylation is 2. The standard InChI is InChI=1S/C24H31N3O3/c1-16(2)30-23(29)26-19-13-12-18-11-10-17-8-6-7-9-20(17)27(21(18)14-19)22(28)15-25-24(3,4)5/h6-9,12-14,16,25H,10-11,15H2,1-5H3,(H,26,29)/p+1. The molecule has 30 heavy (non-hydrogen) atoms. The summed E-state index contributed by atoms with van der Waals surface area (Å²) in [6.45, 7) is 10.2. The van der Waals surface area contributed by atoms with E-state index in [9.17, 15) is 9.59 Å². The Balaban J connectivity index is 1.99. The van der Waals surface area contributed by atoms with E-state index in [1.54, 1.807) is 18.7 Å². The van der Waals surface area contributed by atoms with Gasteiger partial charge in [-0.1, -0.05) is 24.3 Å². The van der Waals surface area contributed by atoms with Crippen LogP contribution in [-0.2, 0) is 22.4 Å². The fraction of sp³-hybridized carbons (Fsp3) is 0.417. The molecule has 0 saturated carbocycles. The van der Waals surface area contributed by atoms with Crippen LogP contribution in [0.3, 0.4) is 0 Å². The number of quaternary nitrogens is 1. The minimum Gasteiger partial charge on any atom is -0.447 e. The normalized spacial score (nSPS) is 13.3. The van der Waals surface area contributed by atoms with Gasteiger partial charge >= 0.3 is 6.09 Å². The molecule has 3 rings (SSSR count). The van der Waals surface area contributed by atoms with Gasteiger partial charge in [-0.25, -0.2) is 4.79 Å². The number of ether oxygens (including phenoxy) is 1. The summed E-state index contributed by atoms with van der Waals surface area (Å²) >= 11 is 0. The van der Waals surface area contributed by atoms with Crippen molar-refractivity contribution in [3.63, 3.8) is 0 Å². The maximum absolute atomic E-state index is 13.4. The summed E-state index contributed by atoms with van der Waals surface area (Å²) in [5, 5.41) is 4.82. The molecule has 2 aromatic carbocycles. The summed E-state index contributed by atoms with van der Waals surface area (Å²) < 4.78 is 5.19. The van der Waals surface area contributed by atoms with Crippen molar-refractivity contribution in [1.29, 1.82) is 0 Å². The van der Waals surface area contributed by atoms with Crippen molar-refractivity contribution < 1.29 is 19.6 Å². The minimum absolute atomic E-state index is 0.0161. The lowest BCUT2D eigenvalue weighted by Crippen LogP contribution is -2.96. The summed E-state index contributed by atoms with van der Waals surface area (Å²) in [7, 11) is 0. The van der Waals surface area contributed by atoms with Crippen molar-refractivity contribution in [2.45, 2.75) is 59.1 Å². The molecule has 0 aliphatic carbocycles. The maximum atomic E-state index is 13.4. The number of para-hydroxylation sites is 1. The van der Waals surface area contributed by atoms with E-state index >= 15 is 0 Å². The van der Waals surface area contributed by atoms with Gasteiger partial charge in [-0.15, -0.1) is 0 Å². The first kappa shape index (κ1) is 21.8. The highest BCUT2D eigenvalue weighted by Gasteiger charge is 2.28. The molecule has 0 aromatic heterocycles. The number of rotatable bonds is 4. The Bertz CT molecular complexity index is 932. The van der Waals surface area contributed by atoms with Crippen molar-refractivity contribution in [3.05, 3.63) is 53.6 Å². The first-order valence-corrected chi connectivity index (χ1v) is 10.5. The van der Waals surface area contributed by atoms with E-state index in [0.29, 0.717) is 12.2 Å². The smallest absolute Gasteiger partial charge is 0.411 e. The third-order valence-corrected chi connectivity index (χ3v) is 4.95. The minimum atomic E-state index is -0.502. The fourth-order valence-electron chi connectivity index (χ4n) is 3.52. The Morgan fingerprint density at radius 2 is 1.73 bits per heavy atom. The quantitative estimate of drug-likeness (QED) is 0.806. The monoisotopic (exact) mass is 410 g/mol. The molecule has 160 valence electrons. The predicted molar refractivity (Wildman–Crippen MR) is 119 cm³/mol. The second kappa shape index (κ2) is 8.88. The third kappa shape index (κ3) is 5.39. The highest BCUT2D eigenvalue weighted by atomic mass is 16.6. The summed E-state index contributed by atoms with van der Waals surface area (Å²) in [6.07, 6.45) is 0.982. The molecular weight excluding hydrogens is 378 g/mol. The van der Waals surface area contributed by atoms with Gasteiger partial charge in [0.25, 0.3) is 5.91 Å². The molecule has 1 aliphatic heterocycles. The topological polar surface area (TPSA) is 75.2 Å². The van der Waals surface area contributed by atoms with Gasteiger partial charge in [-0.05, 0) is 76.8 Å². The second-order valence-electron chi connectivity index (χ2n) is 9.05. The lowest BCUT2D eigenvalue weighted by molar-refractivity contribution is -0.707. The van der Waals surface area contributed by atoms with Gasteiger partial charge in [0.05, 0.1) is 23.0 Å². The molecule has 2 aromatic rings. The van der Waals surface area contributed by atoms with Crippen LogP contribution in [0.2, 0.25) is 0 Å². The van der Waals surface area contributed by atoms with E-state index in [1.807, 2.05) is 41.7 Å². The van der Waals surface area contributed by atoms with Gasteiger partial charge in [-0.3, -0.25) is 15.0 Å². The Kier molecular flexibility index (Phi) is 6.46. The van der Waals surface area contributed by atoms with Crippen LogP contribution < -0.4 is 15.5 Å². The number of anilines is 3. The molecule has 0 radical (unpaired) electrons. The summed E-state index contributed by atoms with van der Waals surface area (Å²) in [4.78, 5) is 27.3. The number of benzene rings is 2. The predicted octanol–water partition coefficient (Wildman–Crippen LogP) is 3.77. The average molecular weight is 411 g/mol. The number of fused-ring (bicyclic) bond motifs is 2. The molecule has 0 saturated heterocycles. The molecular formula is C24H32N3O3+. The maximum Gasteiger partial charge on any atom is 0.411 e. The van der Waals surface area contributed by atoms with Gasteiger partial charge < -0.3 is 10.1 Å². The van der Waals surface area contributed by atoms with E-state index < -0.39 is 6.09 Å². The van der Waals surface area contributed by atoms with E-state index in [2.05, 4.69) is 32.2 Å². The van der Waals surface area contributed by atoms with Crippen LogP contribution in [-0.4, -0.2) is 30.2 Å². The van der Waals surface area contributed by atoms with Crippen LogP contribution >= 0.6 is 0 Å². The molecule has 1 heterocycles. The second-order valence-corrected chi connectivity index (χ2v) is 9.05. The Morgan fingerprint density at radius 3 is 2.40 bits per heavy atom. The molecule has 0 bridgehead atoms. The van der Waals surface area contributed by atoms with Gasteiger partial charge in [0, 0.05) is 5.69 Å². The Hall–Kier alpha value is -2.86. The van der Waals surface area contributed by atoms with Crippen LogP contribution in [0, 0.1) is 0 Å². The number of carbonyl (C=O) groups is 2. The zero-order valence-corrected chi connectivity index (χ0v) is 18.5. The molecule has 0 spiro atoms. The lowest BCUT2D eigenvalue weighted by atomic mass is 10.0. The molecule has 1 aliphatic rings. The molecule has 2 amide bonds. The molecule has 3 N–H and O–H groups in total. The summed E-state index contributed by atoms with van der Waals surface area (Å²) in [5.74, 6) is 0.0161. The van der Waals surface area contributed by atoms with Crippen molar-refractivity contribution >= 4 is 29.1 Å². The first-order chi connectivity index (χ1) is 14.1. The van der Waals surface area contributed by atoms with Crippen LogP contribution in [0.5, 0.6) is 0 Å². The van der Waals surface area contributed by atoms with Crippen molar-refractivity contribution in [2.24, 2.45) is 0 Å². The van der Waals surface area contributed by atoms with Crippen LogP contribution in [0.4, 0.5) is 21.9 Å². The van der Waals surface area contributed by atoms with Gasteiger partial charge in [0.15, 0.2) is 6.54 Å². The van der Waals surface area contributed by atoms with Crippen molar-refractivity contribution in [2.75, 3.05) is 16.8 Å². The number of carbonyl (C=O) groups excluding carboxylic acids is 2. The van der Waals surface area contributed by atoms with E-state index in [-0.39, 0.29) is 17.6 Å². The lowest BCUT2D eigenvalue weighted by Gasteiger charge is -2.26. The van der Waals surface area contributed by atoms with Gasteiger partial charge in [0.2, 0.25) is 0 Å². The molecule has 6 heteroatoms. The summed E-state index contributed by atoms with van der Waals surface area (Å²) in [6, 6.07) is 13.8. The van der Waals surface area contributed by atoms with Crippen LogP contribution in [0.15, 0.2) is 42.5 Å². The largest absolute Gasteiger partial charge is 0.447 e. The van der Waals surface area contributed by atoms with E-state index in [1.165, 1.54) is 0 Å². The highest BCUT2D eigenvalue weighted by Crippen LogP contribution is 2.37. The number of nitrogens with zero attached hydrogens (tertiary/aromatic N) is 1. The van der Waals surface area contributed by atoms with Crippen LogP contribution in [0.1, 0.15) is 45.7 Å². The molecule has 0 fully saturated rings. The molecule has 0 unspecified atom stereocenters. The zero-order valence-electron chi connectivity index (χ0n) is 18.5.